The molecule has 2 rings (SSSR count). The second-order valence-corrected chi connectivity index (χ2v) is 5.46. The number of hydrogen-bond donors (Lipinski definition) is 2. The minimum atomic E-state index is -0.820. The molecule has 98 valence electrons. The van der Waals surface area contributed by atoms with E-state index in [0.717, 1.165) is 4.88 Å². The lowest BCUT2D eigenvalue weighted by molar-refractivity contribution is -0.141. The molecule has 1 aromatic rings. The van der Waals surface area contributed by atoms with E-state index in [0.29, 0.717) is 26.1 Å². The molecular formula is C12H16N2O3S. The Hall–Kier alpha value is -1.56. The number of rotatable bonds is 3. The van der Waals surface area contributed by atoms with Crippen molar-refractivity contribution in [2.45, 2.75) is 19.9 Å². The zero-order valence-corrected chi connectivity index (χ0v) is 11.0. The Morgan fingerprint density at radius 3 is 2.94 bits per heavy atom. The fourth-order valence-corrected chi connectivity index (χ4v) is 2.85. The molecule has 1 aliphatic heterocycles. The molecule has 1 aliphatic rings. The number of carbonyl (C=O) groups is 2. The van der Waals surface area contributed by atoms with Crippen molar-refractivity contribution in [3.8, 4) is 0 Å². The van der Waals surface area contributed by atoms with E-state index >= 15 is 0 Å². The van der Waals surface area contributed by atoms with Crippen molar-refractivity contribution < 1.29 is 14.7 Å². The second kappa shape index (κ2) is 5.39. The topological polar surface area (TPSA) is 69.6 Å². The maximum absolute atomic E-state index is 11.8. The SMILES string of the molecule is Cc1ccsc1CNC(=O)N1CCC(C(=O)O)C1. The molecule has 2 heterocycles. The van der Waals surface area contributed by atoms with Gasteiger partial charge in [0.1, 0.15) is 0 Å². The van der Waals surface area contributed by atoms with Crippen LogP contribution in [0.1, 0.15) is 16.9 Å². The third-order valence-corrected chi connectivity index (χ3v) is 4.22. The van der Waals surface area contributed by atoms with E-state index in [9.17, 15) is 9.59 Å². The number of thiophene rings is 1. The number of carbonyl (C=O) groups excluding carboxylic acids is 1. The summed E-state index contributed by atoms with van der Waals surface area (Å²) in [6.45, 7) is 3.35. The van der Waals surface area contributed by atoms with Gasteiger partial charge >= 0.3 is 12.0 Å². The van der Waals surface area contributed by atoms with Crippen molar-refractivity contribution in [3.63, 3.8) is 0 Å². The number of carboxylic acid groups (broad SMARTS) is 1. The van der Waals surface area contributed by atoms with Crippen molar-refractivity contribution in [3.05, 3.63) is 21.9 Å². The van der Waals surface area contributed by atoms with Crippen molar-refractivity contribution >= 4 is 23.3 Å². The van der Waals surface area contributed by atoms with E-state index in [1.165, 1.54) is 5.56 Å². The average molecular weight is 268 g/mol. The molecule has 1 fully saturated rings. The molecule has 2 N–H and O–H groups in total. The van der Waals surface area contributed by atoms with Crippen LogP contribution in [-0.4, -0.2) is 35.1 Å². The van der Waals surface area contributed by atoms with Crippen LogP contribution in [0.25, 0.3) is 0 Å². The summed E-state index contributed by atoms with van der Waals surface area (Å²) in [7, 11) is 0. The van der Waals surface area contributed by atoms with Gasteiger partial charge in [-0.25, -0.2) is 4.79 Å². The minimum Gasteiger partial charge on any atom is -0.481 e. The van der Waals surface area contributed by atoms with Crippen LogP contribution in [0.5, 0.6) is 0 Å². The van der Waals surface area contributed by atoms with Gasteiger partial charge in [-0.3, -0.25) is 4.79 Å². The lowest BCUT2D eigenvalue weighted by Gasteiger charge is -2.16. The molecule has 1 unspecified atom stereocenters. The van der Waals surface area contributed by atoms with Crippen LogP contribution >= 0.6 is 11.3 Å². The van der Waals surface area contributed by atoms with Gasteiger partial charge in [0.25, 0.3) is 0 Å². The number of nitrogens with zero attached hydrogens (tertiary/aromatic N) is 1. The number of aryl methyl sites for hydroxylation is 1. The minimum absolute atomic E-state index is 0.174. The van der Waals surface area contributed by atoms with E-state index in [4.69, 9.17) is 5.11 Å². The highest BCUT2D eigenvalue weighted by Gasteiger charge is 2.30. The van der Waals surface area contributed by atoms with E-state index in [-0.39, 0.29) is 6.03 Å². The fourth-order valence-electron chi connectivity index (χ4n) is 2.00. The third kappa shape index (κ3) is 2.81. The van der Waals surface area contributed by atoms with E-state index < -0.39 is 11.9 Å². The highest BCUT2D eigenvalue weighted by molar-refractivity contribution is 7.10. The van der Waals surface area contributed by atoms with Gasteiger partial charge in [0.2, 0.25) is 0 Å². The summed E-state index contributed by atoms with van der Waals surface area (Å²) in [6.07, 6.45) is 0.542. The normalized spacial score (nSPS) is 18.9. The molecule has 0 aliphatic carbocycles. The summed E-state index contributed by atoms with van der Waals surface area (Å²) >= 11 is 1.61. The predicted octanol–water partition coefficient (Wildman–Crippen LogP) is 1.67. The van der Waals surface area contributed by atoms with E-state index in [1.54, 1.807) is 16.2 Å². The first kappa shape index (κ1) is 12.9. The van der Waals surface area contributed by atoms with Crippen LogP contribution in [0, 0.1) is 12.8 Å². The maximum atomic E-state index is 11.8. The standard InChI is InChI=1S/C12H16N2O3S/c1-8-3-5-18-10(8)6-13-12(17)14-4-2-9(7-14)11(15)16/h3,5,9H,2,4,6-7H2,1H3,(H,13,17)(H,15,16). The average Bonchev–Trinajstić information content (AvgIpc) is 2.94. The zero-order chi connectivity index (χ0) is 13.1. The van der Waals surface area contributed by atoms with Crippen molar-refractivity contribution in [1.82, 2.24) is 10.2 Å². The van der Waals surface area contributed by atoms with Crippen LogP contribution in [0.2, 0.25) is 0 Å². The summed E-state index contributed by atoms with van der Waals surface area (Å²) in [5.74, 6) is -1.24. The third-order valence-electron chi connectivity index (χ3n) is 3.19. The van der Waals surface area contributed by atoms with Gasteiger partial charge in [0.05, 0.1) is 12.5 Å². The molecule has 18 heavy (non-hydrogen) atoms. The lowest BCUT2D eigenvalue weighted by Crippen LogP contribution is -2.38. The van der Waals surface area contributed by atoms with E-state index in [1.807, 2.05) is 18.4 Å². The highest BCUT2D eigenvalue weighted by atomic mass is 32.1. The second-order valence-electron chi connectivity index (χ2n) is 4.46. The Morgan fingerprint density at radius 2 is 2.39 bits per heavy atom. The van der Waals surface area contributed by atoms with Gasteiger partial charge in [0, 0.05) is 18.0 Å². The highest BCUT2D eigenvalue weighted by Crippen LogP contribution is 2.17. The zero-order valence-electron chi connectivity index (χ0n) is 10.2. The molecule has 0 radical (unpaired) electrons. The van der Waals surface area contributed by atoms with Gasteiger partial charge in [-0.2, -0.15) is 0 Å². The first-order chi connectivity index (χ1) is 8.58. The van der Waals surface area contributed by atoms with Crippen LogP contribution in [0.3, 0.4) is 0 Å². The number of likely N-dealkylation sites (tertiary alicyclic amines) is 1. The van der Waals surface area contributed by atoms with Gasteiger partial charge in [-0.15, -0.1) is 11.3 Å². The molecule has 0 saturated carbocycles. The van der Waals surface area contributed by atoms with Crippen LogP contribution in [0.4, 0.5) is 4.79 Å². The molecule has 5 nitrogen and oxygen atoms in total. The number of carboxylic acids is 1. The predicted molar refractivity (Wildman–Crippen MR) is 68.6 cm³/mol. The first-order valence-corrected chi connectivity index (χ1v) is 6.74. The molecule has 1 aromatic heterocycles. The van der Waals surface area contributed by atoms with Crippen LogP contribution in [0.15, 0.2) is 11.4 Å². The number of urea groups is 1. The fraction of sp³-hybridized carbons (Fsp3) is 0.500. The summed E-state index contributed by atoms with van der Waals surface area (Å²) < 4.78 is 0. The number of hydrogen-bond acceptors (Lipinski definition) is 3. The van der Waals surface area contributed by atoms with Crippen molar-refractivity contribution in [2.24, 2.45) is 5.92 Å². The summed E-state index contributed by atoms with van der Waals surface area (Å²) in [5, 5.41) is 13.7. The molecule has 6 heteroatoms. The molecule has 0 aromatic carbocycles. The molecule has 0 bridgehead atoms. The van der Waals surface area contributed by atoms with Crippen molar-refractivity contribution in [1.29, 1.82) is 0 Å². The Morgan fingerprint density at radius 1 is 1.61 bits per heavy atom. The number of nitrogens with one attached hydrogen (secondary N) is 1. The largest absolute Gasteiger partial charge is 0.481 e. The Balaban J connectivity index is 1.83. The smallest absolute Gasteiger partial charge is 0.317 e. The van der Waals surface area contributed by atoms with Gasteiger partial charge in [-0.1, -0.05) is 0 Å². The lowest BCUT2D eigenvalue weighted by atomic mass is 10.1. The maximum Gasteiger partial charge on any atom is 0.317 e. The molecule has 1 atom stereocenters. The number of amides is 2. The Labute approximate surface area is 109 Å². The van der Waals surface area contributed by atoms with Crippen molar-refractivity contribution in [2.75, 3.05) is 13.1 Å². The first-order valence-electron chi connectivity index (χ1n) is 5.86. The van der Waals surface area contributed by atoms with Crippen LogP contribution in [-0.2, 0) is 11.3 Å². The summed E-state index contributed by atoms with van der Waals surface area (Å²) in [5.41, 5.74) is 1.17. The molecule has 1 saturated heterocycles. The Bertz CT molecular complexity index is 458. The van der Waals surface area contributed by atoms with Gasteiger partial charge in [-0.05, 0) is 30.4 Å². The molecule has 0 spiro atoms. The van der Waals surface area contributed by atoms with Gasteiger partial charge in [0.15, 0.2) is 0 Å². The van der Waals surface area contributed by atoms with Crippen LogP contribution < -0.4 is 5.32 Å². The van der Waals surface area contributed by atoms with Gasteiger partial charge < -0.3 is 15.3 Å². The molecule has 2 amide bonds. The number of aliphatic carboxylic acids is 1. The molecular weight excluding hydrogens is 252 g/mol. The van der Waals surface area contributed by atoms with E-state index in [2.05, 4.69) is 5.32 Å². The summed E-state index contributed by atoms with van der Waals surface area (Å²) in [6, 6.07) is 1.84. The monoisotopic (exact) mass is 268 g/mol. The Kier molecular flexibility index (Phi) is 3.86. The summed E-state index contributed by atoms with van der Waals surface area (Å²) in [4.78, 5) is 25.4. The quantitative estimate of drug-likeness (QED) is 0.876.